The van der Waals surface area contributed by atoms with Gasteiger partial charge in [0.2, 0.25) is 0 Å². The number of hydrogen-bond donors (Lipinski definition) is 0. The van der Waals surface area contributed by atoms with Gasteiger partial charge >= 0.3 is 5.88 Å². The van der Waals surface area contributed by atoms with Gasteiger partial charge in [-0.1, -0.05) is 24.3 Å². The molecule has 19 heavy (non-hydrogen) atoms. The summed E-state index contributed by atoms with van der Waals surface area (Å²) in [6.45, 7) is 0. The van der Waals surface area contributed by atoms with E-state index >= 15 is 0 Å². The minimum Gasteiger partial charge on any atom is -0.401 e. The highest BCUT2D eigenvalue weighted by Gasteiger charge is 2.10. The van der Waals surface area contributed by atoms with Crippen molar-refractivity contribution in [1.29, 1.82) is 0 Å². The van der Waals surface area contributed by atoms with Crippen molar-refractivity contribution in [2.24, 2.45) is 0 Å². The van der Waals surface area contributed by atoms with E-state index in [-0.39, 0.29) is 5.88 Å². The zero-order valence-corrected chi connectivity index (χ0v) is 10.3. The molecule has 0 atom stereocenters. The van der Waals surface area contributed by atoms with E-state index in [1.165, 1.54) is 18.2 Å². The standard InChI is InChI=1S/C13H8ClNO4/c14-13(16)11-4-2-1-3-9(11)5-6-10-7-8-12(19-10)15(17)18/h1-8H/b6-5+. The van der Waals surface area contributed by atoms with E-state index in [2.05, 4.69) is 0 Å². The molecule has 0 aliphatic carbocycles. The molecule has 1 heterocycles. The Morgan fingerprint density at radius 3 is 2.58 bits per heavy atom. The van der Waals surface area contributed by atoms with E-state index in [0.717, 1.165) is 0 Å². The van der Waals surface area contributed by atoms with Crippen LogP contribution in [0.5, 0.6) is 0 Å². The second-order valence-electron chi connectivity index (χ2n) is 3.63. The molecular weight excluding hydrogens is 270 g/mol. The van der Waals surface area contributed by atoms with Gasteiger partial charge in [-0.15, -0.1) is 0 Å². The molecule has 0 aliphatic heterocycles. The zero-order chi connectivity index (χ0) is 13.8. The van der Waals surface area contributed by atoms with Crippen LogP contribution in [0.4, 0.5) is 5.88 Å². The van der Waals surface area contributed by atoms with E-state index in [1.54, 1.807) is 30.3 Å². The third kappa shape index (κ3) is 3.08. The summed E-state index contributed by atoms with van der Waals surface area (Å²) in [6.07, 6.45) is 3.14. The molecule has 6 heteroatoms. The number of halogens is 1. The molecule has 5 nitrogen and oxygen atoms in total. The summed E-state index contributed by atoms with van der Waals surface area (Å²) in [6, 6.07) is 9.50. The fourth-order valence-electron chi connectivity index (χ4n) is 1.52. The molecule has 0 radical (unpaired) electrons. The lowest BCUT2D eigenvalue weighted by atomic mass is 10.1. The van der Waals surface area contributed by atoms with Crippen LogP contribution in [0.15, 0.2) is 40.8 Å². The van der Waals surface area contributed by atoms with Crippen LogP contribution < -0.4 is 0 Å². The largest absolute Gasteiger partial charge is 0.433 e. The molecule has 0 saturated heterocycles. The average Bonchev–Trinajstić information content (AvgIpc) is 2.85. The summed E-state index contributed by atoms with van der Waals surface area (Å²) >= 11 is 5.45. The number of hydrogen-bond acceptors (Lipinski definition) is 4. The Hall–Kier alpha value is -2.40. The van der Waals surface area contributed by atoms with Crippen molar-refractivity contribution in [2.75, 3.05) is 0 Å². The zero-order valence-electron chi connectivity index (χ0n) is 9.58. The number of nitro groups is 1. The fourth-order valence-corrected chi connectivity index (χ4v) is 1.70. The third-order valence-electron chi connectivity index (χ3n) is 2.39. The van der Waals surface area contributed by atoms with Gasteiger partial charge in [0.15, 0.2) is 0 Å². The van der Waals surface area contributed by atoms with Gasteiger partial charge in [0.05, 0.1) is 6.07 Å². The van der Waals surface area contributed by atoms with Gasteiger partial charge in [-0.3, -0.25) is 14.9 Å². The first-order chi connectivity index (χ1) is 9.08. The van der Waals surface area contributed by atoms with E-state index in [0.29, 0.717) is 16.9 Å². The normalized spacial score (nSPS) is 10.8. The second kappa shape index (κ2) is 5.49. The van der Waals surface area contributed by atoms with Gasteiger partial charge < -0.3 is 4.42 Å². The fraction of sp³-hybridized carbons (Fsp3) is 0. The summed E-state index contributed by atoms with van der Waals surface area (Å²) in [4.78, 5) is 21.0. The van der Waals surface area contributed by atoms with E-state index < -0.39 is 10.2 Å². The SMILES string of the molecule is O=C(Cl)c1ccccc1/C=C/c1ccc([N+](=O)[O-])o1. The molecule has 0 amide bonds. The quantitative estimate of drug-likeness (QED) is 0.485. The van der Waals surface area contributed by atoms with Crippen LogP contribution in [-0.2, 0) is 0 Å². The molecular formula is C13H8ClNO4. The van der Waals surface area contributed by atoms with Gasteiger partial charge in [-0.05, 0) is 35.4 Å². The summed E-state index contributed by atoms with van der Waals surface area (Å²) in [5.74, 6) is -0.00937. The molecule has 2 rings (SSSR count). The maximum Gasteiger partial charge on any atom is 0.433 e. The molecule has 0 saturated carbocycles. The third-order valence-corrected chi connectivity index (χ3v) is 2.60. The molecule has 1 aromatic heterocycles. The predicted octanol–water partition coefficient (Wildman–Crippen LogP) is 3.74. The minimum atomic E-state index is -0.617. The number of benzene rings is 1. The van der Waals surface area contributed by atoms with Crippen LogP contribution in [0.25, 0.3) is 12.2 Å². The Kier molecular flexibility index (Phi) is 3.77. The van der Waals surface area contributed by atoms with Crippen LogP contribution in [0, 0.1) is 10.1 Å². The molecule has 0 N–H and O–H groups in total. The van der Waals surface area contributed by atoms with Gasteiger partial charge in [0.1, 0.15) is 10.7 Å². The molecule has 2 aromatic rings. The Bertz CT molecular complexity index is 660. The van der Waals surface area contributed by atoms with Crippen LogP contribution >= 0.6 is 11.6 Å². The first kappa shape index (κ1) is 13.0. The van der Waals surface area contributed by atoms with Crippen molar-refractivity contribution < 1.29 is 14.1 Å². The van der Waals surface area contributed by atoms with Crippen LogP contribution in [0.1, 0.15) is 21.7 Å². The minimum absolute atomic E-state index is 0.323. The molecule has 0 spiro atoms. The number of carbonyl (C=O) groups is 1. The Labute approximate surface area is 113 Å². The summed E-state index contributed by atoms with van der Waals surface area (Å²) in [5, 5.41) is 9.89. The van der Waals surface area contributed by atoms with Crippen molar-refractivity contribution >= 4 is 34.9 Å². The second-order valence-corrected chi connectivity index (χ2v) is 3.97. The Morgan fingerprint density at radius 2 is 1.95 bits per heavy atom. The van der Waals surface area contributed by atoms with Gasteiger partial charge in [0, 0.05) is 5.56 Å². The van der Waals surface area contributed by atoms with E-state index in [4.69, 9.17) is 16.0 Å². The molecule has 0 aliphatic rings. The number of furan rings is 1. The smallest absolute Gasteiger partial charge is 0.401 e. The van der Waals surface area contributed by atoms with Crippen molar-refractivity contribution in [3.05, 3.63) is 63.4 Å². The average molecular weight is 278 g/mol. The summed E-state index contributed by atoms with van der Waals surface area (Å²) in [5.41, 5.74) is 0.975. The number of nitrogens with zero attached hydrogens (tertiary/aromatic N) is 1. The van der Waals surface area contributed by atoms with Gasteiger partial charge in [-0.2, -0.15) is 0 Å². The van der Waals surface area contributed by atoms with Crippen LogP contribution in [0.2, 0.25) is 0 Å². The molecule has 96 valence electrons. The highest BCUT2D eigenvalue weighted by molar-refractivity contribution is 6.68. The topological polar surface area (TPSA) is 73.3 Å². The Morgan fingerprint density at radius 1 is 1.21 bits per heavy atom. The van der Waals surface area contributed by atoms with Crippen molar-refractivity contribution in [3.63, 3.8) is 0 Å². The lowest BCUT2D eigenvalue weighted by Crippen LogP contribution is -1.91. The van der Waals surface area contributed by atoms with Crippen LogP contribution in [0.3, 0.4) is 0 Å². The van der Waals surface area contributed by atoms with Gasteiger partial charge in [0.25, 0.3) is 5.24 Å². The van der Waals surface area contributed by atoms with E-state index in [1.807, 2.05) is 0 Å². The summed E-state index contributed by atoms with van der Waals surface area (Å²) in [7, 11) is 0. The monoisotopic (exact) mass is 277 g/mol. The highest BCUT2D eigenvalue weighted by Crippen LogP contribution is 2.19. The van der Waals surface area contributed by atoms with Crippen LogP contribution in [-0.4, -0.2) is 10.2 Å². The first-order valence-electron chi connectivity index (χ1n) is 5.29. The lowest BCUT2D eigenvalue weighted by molar-refractivity contribution is -0.402. The molecule has 0 fully saturated rings. The molecule has 1 aromatic carbocycles. The lowest BCUT2D eigenvalue weighted by Gasteiger charge is -1.98. The van der Waals surface area contributed by atoms with E-state index in [9.17, 15) is 14.9 Å². The van der Waals surface area contributed by atoms with Crippen molar-refractivity contribution in [2.45, 2.75) is 0 Å². The predicted molar refractivity (Wildman–Crippen MR) is 70.9 cm³/mol. The number of rotatable bonds is 4. The first-order valence-corrected chi connectivity index (χ1v) is 5.67. The maximum absolute atomic E-state index is 11.2. The van der Waals surface area contributed by atoms with Crippen molar-refractivity contribution in [3.8, 4) is 0 Å². The maximum atomic E-state index is 11.2. The molecule has 0 unspecified atom stereocenters. The highest BCUT2D eigenvalue weighted by atomic mass is 35.5. The Balaban J connectivity index is 2.27. The van der Waals surface area contributed by atoms with Crippen molar-refractivity contribution in [1.82, 2.24) is 0 Å². The number of carbonyl (C=O) groups excluding carboxylic acids is 1. The molecule has 0 bridgehead atoms. The summed E-state index contributed by atoms with van der Waals surface area (Å²) < 4.78 is 4.96. The van der Waals surface area contributed by atoms with Gasteiger partial charge in [-0.25, -0.2) is 0 Å².